The van der Waals surface area contributed by atoms with Crippen LogP contribution in [0.1, 0.15) is 25.3 Å². The number of sulfonamides is 1. The molecule has 0 radical (unpaired) electrons. The van der Waals surface area contributed by atoms with Crippen molar-refractivity contribution in [2.24, 2.45) is 5.92 Å². The Hall–Kier alpha value is -0.820. The van der Waals surface area contributed by atoms with Gasteiger partial charge >= 0.3 is 0 Å². The Labute approximate surface area is 145 Å². The van der Waals surface area contributed by atoms with E-state index in [0.717, 1.165) is 31.5 Å². The van der Waals surface area contributed by atoms with E-state index in [2.05, 4.69) is 12.2 Å². The highest BCUT2D eigenvalue weighted by Crippen LogP contribution is 2.22. The van der Waals surface area contributed by atoms with E-state index in [0.29, 0.717) is 24.8 Å². The maximum absolute atomic E-state index is 12.5. The topological polar surface area (TPSA) is 58.6 Å². The second-order valence-electron chi connectivity index (χ2n) is 5.76. The van der Waals surface area contributed by atoms with Crippen molar-refractivity contribution >= 4 is 22.4 Å². The van der Waals surface area contributed by atoms with Crippen molar-refractivity contribution in [2.75, 3.05) is 33.3 Å². The minimum Gasteiger partial charge on any atom is -0.497 e. The van der Waals surface area contributed by atoms with Crippen LogP contribution in [-0.2, 0) is 15.8 Å². The maximum Gasteiger partial charge on any atom is 0.218 e. The molecule has 1 aliphatic rings. The lowest BCUT2D eigenvalue weighted by molar-refractivity contribution is 0.268. The summed E-state index contributed by atoms with van der Waals surface area (Å²) in [5.74, 6) is 1.32. The standard InChI is InChI=1S/C16H26N2O3S.ClH/c1-3-17-12-14-7-9-18(10-8-14)22(19,20)13-15-5-4-6-16(11-15)21-2;/h4-6,11,14,17H,3,7-10,12-13H2,1-2H3;1H. The zero-order valence-corrected chi connectivity index (χ0v) is 15.5. The Morgan fingerprint density at radius 2 is 2.00 bits per heavy atom. The summed E-state index contributed by atoms with van der Waals surface area (Å²) in [5, 5.41) is 3.34. The molecule has 132 valence electrons. The largest absolute Gasteiger partial charge is 0.497 e. The lowest BCUT2D eigenvalue weighted by Crippen LogP contribution is -2.41. The number of methoxy groups -OCH3 is 1. The van der Waals surface area contributed by atoms with E-state index in [1.165, 1.54) is 0 Å². The van der Waals surface area contributed by atoms with E-state index >= 15 is 0 Å². The zero-order chi connectivity index (χ0) is 16.0. The first-order valence-electron chi connectivity index (χ1n) is 7.86. The van der Waals surface area contributed by atoms with Gasteiger partial charge in [-0.3, -0.25) is 0 Å². The average molecular weight is 363 g/mol. The second-order valence-corrected chi connectivity index (χ2v) is 7.73. The monoisotopic (exact) mass is 362 g/mol. The third kappa shape index (κ3) is 5.95. The van der Waals surface area contributed by atoms with Gasteiger partial charge in [-0.25, -0.2) is 12.7 Å². The van der Waals surface area contributed by atoms with E-state index in [-0.39, 0.29) is 18.2 Å². The molecule has 1 aliphatic heterocycles. The fraction of sp³-hybridized carbons (Fsp3) is 0.625. The predicted octanol–water partition coefficient (Wildman–Crippen LogP) is 2.27. The van der Waals surface area contributed by atoms with Crippen LogP contribution < -0.4 is 10.1 Å². The average Bonchev–Trinajstić information content (AvgIpc) is 2.53. The Bertz CT molecular complexity index is 572. The molecule has 1 aromatic rings. The number of piperidine rings is 1. The number of nitrogens with zero attached hydrogens (tertiary/aromatic N) is 1. The molecule has 0 atom stereocenters. The first-order chi connectivity index (χ1) is 10.5. The van der Waals surface area contributed by atoms with Gasteiger partial charge in [0.1, 0.15) is 5.75 Å². The first-order valence-corrected chi connectivity index (χ1v) is 9.47. The van der Waals surface area contributed by atoms with E-state index in [4.69, 9.17) is 4.74 Å². The van der Waals surface area contributed by atoms with Crippen molar-refractivity contribution in [1.82, 2.24) is 9.62 Å². The molecule has 0 aromatic heterocycles. The van der Waals surface area contributed by atoms with Gasteiger partial charge in [-0.15, -0.1) is 12.4 Å². The number of halogens is 1. The molecule has 2 rings (SSSR count). The summed E-state index contributed by atoms with van der Waals surface area (Å²) in [6.07, 6.45) is 1.87. The van der Waals surface area contributed by atoms with Gasteiger partial charge in [-0.05, 0) is 49.5 Å². The van der Waals surface area contributed by atoms with E-state index in [9.17, 15) is 8.42 Å². The second kappa shape index (κ2) is 9.47. The minimum atomic E-state index is -3.25. The molecule has 1 aromatic carbocycles. The van der Waals surface area contributed by atoms with Crippen molar-refractivity contribution in [2.45, 2.75) is 25.5 Å². The lowest BCUT2D eigenvalue weighted by Gasteiger charge is -2.31. The fourth-order valence-electron chi connectivity index (χ4n) is 2.80. The quantitative estimate of drug-likeness (QED) is 0.808. The summed E-state index contributed by atoms with van der Waals surface area (Å²) < 4.78 is 31.9. The summed E-state index contributed by atoms with van der Waals surface area (Å²) in [5.41, 5.74) is 0.772. The van der Waals surface area contributed by atoms with Crippen LogP contribution in [0.5, 0.6) is 5.75 Å². The van der Waals surface area contributed by atoms with Gasteiger partial charge in [0.15, 0.2) is 0 Å². The van der Waals surface area contributed by atoms with Crippen LogP contribution in [-0.4, -0.2) is 46.0 Å². The summed E-state index contributed by atoms with van der Waals surface area (Å²) in [4.78, 5) is 0. The molecule has 1 saturated heterocycles. The van der Waals surface area contributed by atoms with E-state index in [1.807, 2.05) is 18.2 Å². The molecular formula is C16H27ClN2O3S. The highest BCUT2D eigenvalue weighted by molar-refractivity contribution is 7.88. The van der Waals surface area contributed by atoms with Gasteiger partial charge in [0.2, 0.25) is 10.0 Å². The normalized spacial score (nSPS) is 16.8. The molecular weight excluding hydrogens is 336 g/mol. The molecule has 0 unspecified atom stereocenters. The molecule has 7 heteroatoms. The number of rotatable bonds is 7. The van der Waals surface area contributed by atoms with Crippen LogP contribution in [0.2, 0.25) is 0 Å². The molecule has 1 fully saturated rings. The lowest BCUT2D eigenvalue weighted by atomic mass is 9.98. The number of hydrogen-bond donors (Lipinski definition) is 1. The summed E-state index contributed by atoms with van der Waals surface area (Å²) in [7, 11) is -1.66. The Morgan fingerprint density at radius 3 is 2.61 bits per heavy atom. The highest BCUT2D eigenvalue weighted by Gasteiger charge is 2.27. The molecule has 0 spiro atoms. The number of ether oxygens (including phenoxy) is 1. The van der Waals surface area contributed by atoms with Crippen LogP contribution in [0.15, 0.2) is 24.3 Å². The van der Waals surface area contributed by atoms with Crippen LogP contribution in [0, 0.1) is 5.92 Å². The Morgan fingerprint density at radius 1 is 1.30 bits per heavy atom. The van der Waals surface area contributed by atoms with Crippen LogP contribution in [0.25, 0.3) is 0 Å². The predicted molar refractivity (Wildman–Crippen MR) is 95.7 cm³/mol. The molecule has 0 aliphatic carbocycles. The van der Waals surface area contributed by atoms with Gasteiger partial charge < -0.3 is 10.1 Å². The molecule has 0 amide bonds. The minimum absolute atomic E-state index is 0. The Balaban J connectivity index is 0.00000264. The summed E-state index contributed by atoms with van der Waals surface area (Å²) >= 11 is 0. The SMILES string of the molecule is CCNCC1CCN(S(=O)(=O)Cc2cccc(OC)c2)CC1.Cl. The van der Waals surface area contributed by atoms with E-state index < -0.39 is 10.0 Å². The Kier molecular flexibility index (Phi) is 8.33. The van der Waals surface area contributed by atoms with Crippen molar-refractivity contribution in [3.63, 3.8) is 0 Å². The van der Waals surface area contributed by atoms with Crippen LogP contribution in [0.3, 0.4) is 0 Å². The van der Waals surface area contributed by atoms with Gasteiger partial charge in [-0.1, -0.05) is 19.1 Å². The maximum atomic E-state index is 12.5. The van der Waals surface area contributed by atoms with Crippen molar-refractivity contribution in [3.05, 3.63) is 29.8 Å². The number of nitrogens with one attached hydrogen (secondary N) is 1. The van der Waals surface area contributed by atoms with Gasteiger partial charge in [0, 0.05) is 13.1 Å². The highest BCUT2D eigenvalue weighted by atomic mass is 35.5. The molecule has 0 bridgehead atoms. The van der Waals surface area contributed by atoms with E-state index in [1.54, 1.807) is 17.5 Å². The van der Waals surface area contributed by atoms with Gasteiger partial charge in [-0.2, -0.15) is 0 Å². The first kappa shape index (κ1) is 20.2. The molecule has 0 saturated carbocycles. The smallest absolute Gasteiger partial charge is 0.218 e. The molecule has 1 N–H and O–H groups in total. The van der Waals surface area contributed by atoms with Crippen molar-refractivity contribution in [3.8, 4) is 5.75 Å². The molecule has 23 heavy (non-hydrogen) atoms. The molecule has 1 heterocycles. The zero-order valence-electron chi connectivity index (χ0n) is 13.8. The number of hydrogen-bond acceptors (Lipinski definition) is 4. The summed E-state index contributed by atoms with van der Waals surface area (Å²) in [6, 6.07) is 7.27. The third-order valence-corrected chi connectivity index (χ3v) is 5.98. The van der Waals surface area contributed by atoms with Gasteiger partial charge in [0.05, 0.1) is 12.9 Å². The number of benzene rings is 1. The fourth-order valence-corrected chi connectivity index (χ4v) is 4.35. The van der Waals surface area contributed by atoms with Crippen molar-refractivity contribution in [1.29, 1.82) is 0 Å². The summed E-state index contributed by atoms with van der Waals surface area (Å²) in [6.45, 7) is 5.30. The van der Waals surface area contributed by atoms with Gasteiger partial charge in [0.25, 0.3) is 0 Å². The molecule has 5 nitrogen and oxygen atoms in total. The third-order valence-electron chi connectivity index (χ3n) is 4.13. The van der Waals surface area contributed by atoms with Crippen LogP contribution in [0.4, 0.5) is 0 Å². The van der Waals surface area contributed by atoms with Crippen LogP contribution >= 0.6 is 12.4 Å². The van der Waals surface area contributed by atoms with Crippen molar-refractivity contribution < 1.29 is 13.2 Å².